The lowest BCUT2D eigenvalue weighted by Crippen LogP contribution is -2.32. The highest BCUT2D eigenvalue weighted by Gasteiger charge is 2.16. The topological polar surface area (TPSA) is 54.7 Å². The summed E-state index contributed by atoms with van der Waals surface area (Å²) in [6.07, 6.45) is 4.39. The number of amides is 1. The molecular formula is C23H26N2O3. The summed E-state index contributed by atoms with van der Waals surface area (Å²) in [5, 5.41) is 3.92. The average Bonchev–Trinajstić information content (AvgIpc) is 3.11. The van der Waals surface area contributed by atoms with Crippen molar-refractivity contribution in [1.29, 1.82) is 0 Å². The van der Waals surface area contributed by atoms with Gasteiger partial charge in [-0.3, -0.25) is 4.79 Å². The molecule has 2 heterocycles. The van der Waals surface area contributed by atoms with Crippen molar-refractivity contribution >= 4 is 28.3 Å². The Labute approximate surface area is 165 Å². The van der Waals surface area contributed by atoms with E-state index in [2.05, 4.69) is 29.3 Å². The fraction of sp³-hybridized carbons (Fsp3) is 0.348. The predicted octanol–water partition coefficient (Wildman–Crippen LogP) is 4.86. The summed E-state index contributed by atoms with van der Waals surface area (Å²) in [5.41, 5.74) is 3.63. The second-order valence-electron chi connectivity index (χ2n) is 7.56. The molecule has 1 N–H and O–H groups in total. The maximum Gasteiger partial charge on any atom is 0.228 e. The molecule has 1 aliphatic rings. The Bertz CT molecular complexity index is 954. The monoisotopic (exact) mass is 378 g/mol. The first-order valence-corrected chi connectivity index (χ1v) is 9.81. The van der Waals surface area contributed by atoms with Crippen molar-refractivity contribution in [2.45, 2.75) is 26.2 Å². The van der Waals surface area contributed by atoms with Gasteiger partial charge in [0.1, 0.15) is 11.3 Å². The highest BCUT2D eigenvalue weighted by atomic mass is 16.5. The normalized spacial score (nSPS) is 15.0. The minimum Gasteiger partial charge on any atom is -0.497 e. The van der Waals surface area contributed by atoms with Crippen LogP contribution in [0.4, 0.5) is 11.4 Å². The van der Waals surface area contributed by atoms with Gasteiger partial charge in [0.15, 0.2) is 0 Å². The summed E-state index contributed by atoms with van der Waals surface area (Å²) < 4.78 is 10.8. The Morgan fingerprint density at radius 3 is 2.64 bits per heavy atom. The van der Waals surface area contributed by atoms with Crippen molar-refractivity contribution in [3.05, 3.63) is 54.3 Å². The van der Waals surface area contributed by atoms with Crippen LogP contribution in [0.5, 0.6) is 5.75 Å². The molecule has 1 fully saturated rings. The van der Waals surface area contributed by atoms with Gasteiger partial charge in [-0.15, -0.1) is 0 Å². The van der Waals surface area contributed by atoms with Gasteiger partial charge < -0.3 is 19.4 Å². The molecule has 1 aliphatic heterocycles. The quantitative estimate of drug-likeness (QED) is 0.689. The molecule has 146 valence electrons. The zero-order valence-corrected chi connectivity index (χ0v) is 16.4. The van der Waals surface area contributed by atoms with Crippen LogP contribution in [-0.4, -0.2) is 26.1 Å². The van der Waals surface area contributed by atoms with E-state index >= 15 is 0 Å². The summed E-state index contributed by atoms with van der Waals surface area (Å²) >= 11 is 0. The lowest BCUT2D eigenvalue weighted by Gasteiger charge is -2.32. The SMILES string of the molecule is COc1ccc2c(CC(=O)Nc3ccc(N4CCC(C)CC4)cc3)coc2c1. The number of nitrogens with one attached hydrogen (secondary N) is 1. The van der Waals surface area contributed by atoms with Crippen LogP contribution in [0, 0.1) is 5.92 Å². The lowest BCUT2D eigenvalue weighted by molar-refractivity contribution is -0.115. The number of hydrogen-bond donors (Lipinski definition) is 1. The second kappa shape index (κ2) is 7.97. The fourth-order valence-electron chi connectivity index (χ4n) is 3.73. The number of carbonyl (C=O) groups excluding carboxylic acids is 1. The van der Waals surface area contributed by atoms with E-state index in [0.29, 0.717) is 0 Å². The standard InChI is InChI=1S/C23H26N2O3/c1-16-9-11-25(12-10-16)19-5-3-18(4-6-19)24-23(26)13-17-15-28-22-14-20(27-2)7-8-21(17)22/h3-8,14-16H,9-13H2,1-2H3,(H,24,26). The maximum absolute atomic E-state index is 12.5. The van der Waals surface area contributed by atoms with Crippen LogP contribution in [0.15, 0.2) is 53.1 Å². The molecule has 0 aliphatic carbocycles. The van der Waals surface area contributed by atoms with Crippen LogP contribution < -0.4 is 15.0 Å². The number of furan rings is 1. The Hall–Kier alpha value is -2.95. The number of ether oxygens (including phenoxy) is 1. The van der Waals surface area contributed by atoms with E-state index in [-0.39, 0.29) is 12.3 Å². The van der Waals surface area contributed by atoms with Gasteiger partial charge in [-0.05, 0) is 55.2 Å². The molecule has 0 atom stereocenters. The summed E-state index contributed by atoms with van der Waals surface area (Å²) in [5.74, 6) is 1.49. The molecule has 0 saturated carbocycles. The Morgan fingerprint density at radius 2 is 1.93 bits per heavy atom. The van der Waals surface area contributed by atoms with Crippen molar-refractivity contribution in [3.8, 4) is 5.75 Å². The van der Waals surface area contributed by atoms with Gasteiger partial charge in [0.05, 0.1) is 19.8 Å². The molecule has 5 nitrogen and oxygen atoms in total. The smallest absolute Gasteiger partial charge is 0.228 e. The maximum atomic E-state index is 12.5. The van der Waals surface area contributed by atoms with E-state index in [1.165, 1.54) is 18.5 Å². The second-order valence-corrected chi connectivity index (χ2v) is 7.56. The zero-order valence-electron chi connectivity index (χ0n) is 16.4. The average molecular weight is 378 g/mol. The van der Waals surface area contributed by atoms with Crippen molar-refractivity contribution < 1.29 is 13.9 Å². The molecule has 0 unspecified atom stereocenters. The van der Waals surface area contributed by atoms with Crippen molar-refractivity contribution in [3.63, 3.8) is 0 Å². The molecule has 0 bridgehead atoms. The van der Waals surface area contributed by atoms with Gasteiger partial charge in [-0.25, -0.2) is 0 Å². The van der Waals surface area contributed by atoms with Gasteiger partial charge in [-0.1, -0.05) is 6.92 Å². The first-order valence-electron chi connectivity index (χ1n) is 9.81. The summed E-state index contributed by atoms with van der Waals surface area (Å²) in [6, 6.07) is 13.8. The third-order valence-corrected chi connectivity index (χ3v) is 5.51. The molecule has 0 radical (unpaired) electrons. The number of anilines is 2. The van der Waals surface area contributed by atoms with Crippen LogP contribution in [0.1, 0.15) is 25.3 Å². The lowest BCUT2D eigenvalue weighted by atomic mass is 9.99. The van der Waals surface area contributed by atoms with Gasteiger partial charge in [0.2, 0.25) is 5.91 Å². The molecule has 1 amide bonds. The number of methoxy groups -OCH3 is 1. The van der Waals surface area contributed by atoms with Crippen LogP contribution in [0.25, 0.3) is 11.0 Å². The number of benzene rings is 2. The van der Waals surface area contributed by atoms with Crippen LogP contribution in [0.3, 0.4) is 0 Å². The number of rotatable bonds is 5. The molecule has 5 heteroatoms. The Kier molecular flexibility index (Phi) is 5.24. The van der Waals surface area contributed by atoms with Crippen molar-refractivity contribution in [1.82, 2.24) is 0 Å². The Morgan fingerprint density at radius 1 is 1.18 bits per heavy atom. The summed E-state index contributed by atoms with van der Waals surface area (Å²) in [6.45, 7) is 4.52. The minimum atomic E-state index is -0.0573. The van der Waals surface area contributed by atoms with E-state index < -0.39 is 0 Å². The van der Waals surface area contributed by atoms with Gasteiger partial charge in [0.25, 0.3) is 0 Å². The van der Waals surface area contributed by atoms with Crippen LogP contribution >= 0.6 is 0 Å². The van der Waals surface area contributed by atoms with Gasteiger partial charge >= 0.3 is 0 Å². The molecule has 1 aromatic heterocycles. The number of piperidine rings is 1. The molecule has 0 spiro atoms. The zero-order chi connectivity index (χ0) is 19.5. The largest absolute Gasteiger partial charge is 0.497 e. The van der Waals surface area contributed by atoms with E-state index in [9.17, 15) is 4.79 Å². The first-order chi connectivity index (χ1) is 13.6. The first kappa shape index (κ1) is 18.4. The van der Waals surface area contributed by atoms with Crippen LogP contribution in [0.2, 0.25) is 0 Å². The van der Waals surface area contributed by atoms with Gasteiger partial charge in [0, 0.05) is 41.5 Å². The summed E-state index contributed by atoms with van der Waals surface area (Å²) in [4.78, 5) is 14.9. The number of fused-ring (bicyclic) bond motifs is 1. The van der Waals surface area contributed by atoms with Crippen molar-refractivity contribution in [2.24, 2.45) is 5.92 Å². The minimum absolute atomic E-state index is 0.0573. The number of nitrogens with zero attached hydrogens (tertiary/aromatic N) is 1. The predicted molar refractivity (Wildman–Crippen MR) is 112 cm³/mol. The van der Waals surface area contributed by atoms with E-state index in [0.717, 1.165) is 47.0 Å². The summed E-state index contributed by atoms with van der Waals surface area (Å²) in [7, 11) is 1.62. The highest BCUT2D eigenvalue weighted by Crippen LogP contribution is 2.27. The van der Waals surface area contributed by atoms with Crippen molar-refractivity contribution in [2.75, 3.05) is 30.4 Å². The third kappa shape index (κ3) is 3.98. The van der Waals surface area contributed by atoms with Gasteiger partial charge in [-0.2, -0.15) is 0 Å². The van der Waals surface area contributed by atoms with E-state index in [4.69, 9.17) is 9.15 Å². The molecule has 28 heavy (non-hydrogen) atoms. The highest BCUT2D eigenvalue weighted by molar-refractivity contribution is 5.95. The Balaban J connectivity index is 1.38. The molecule has 3 aromatic rings. The molecule has 1 saturated heterocycles. The number of carbonyl (C=O) groups is 1. The molecular weight excluding hydrogens is 352 g/mol. The van der Waals surface area contributed by atoms with E-state index in [1.807, 2.05) is 30.3 Å². The number of hydrogen-bond acceptors (Lipinski definition) is 4. The van der Waals surface area contributed by atoms with Crippen LogP contribution in [-0.2, 0) is 11.2 Å². The molecule has 2 aromatic carbocycles. The third-order valence-electron chi connectivity index (χ3n) is 5.51. The van der Waals surface area contributed by atoms with E-state index in [1.54, 1.807) is 13.4 Å². The molecule has 4 rings (SSSR count). The fourth-order valence-corrected chi connectivity index (χ4v) is 3.73.